The summed E-state index contributed by atoms with van der Waals surface area (Å²) in [6.07, 6.45) is 2.31. The maximum absolute atomic E-state index is 6.43. The van der Waals surface area contributed by atoms with Gasteiger partial charge in [-0.3, -0.25) is 0 Å². The van der Waals surface area contributed by atoms with Crippen molar-refractivity contribution in [1.82, 2.24) is 0 Å². The van der Waals surface area contributed by atoms with Crippen LogP contribution in [-0.2, 0) is 0 Å². The van der Waals surface area contributed by atoms with Gasteiger partial charge in [0.15, 0.2) is 0 Å². The summed E-state index contributed by atoms with van der Waals surface area (Å²) in [5.74, 6) is 0. The van der Waals surface area contributed by atoms with E-state index < -0.39 is 0 Å². The molecule has 7 rings (SSSR count). The molecule has 0 spiro atoms. The molecule has 33 heavy (non-hydrogen) atoms. The minimum Gasteiger partial charge on any atom is -0.456 e. The summed E-state index contributed by atoms with van der Waals surface area (Å²) >= 11 is 0. The largest absolute Gasteiger partial charge is 0.553 e. The molecule has 0 N–H and O–H groups in total. The van der Waals surface area contributed by atoms with E-state index in [4.69, 9.17) is 4.42 Å². The van der Waals surface area contributed by atoms with Crippen molar-refractivity contribution in [2.24, 2.45) is 0 Å². The summed E-state index contributed by atoms with van der Waals surface area (Å²) in [4.78, 5) is 0. The maximum atomic E-state index is 6.43. The van der Waals surface area contributed by atoms with Crippen molar-refractivity contribution >= 4 is 69.0 Å². The van der Waals surface area contributed by atoms with Crippen molar-refractivity contribution < 1.29 is 8.90 Å². The highest BCUT2D eigenvalue weighted by Gasteiger charge is 2.50. The summed E-state index contributed by atoms with van der Waals surface area (Å²) < 4.78 is 8.82. The number of benzene rings is 4. The molecule has 0 fully saturated rings. The topological polar surface area (TPSA) is 16.1 Å². The zero-order valence-electron chi connectivity index (χ0n) is 19.4. The zero-order chi connectivity index (χ0) is 22.4. The summed E-state index contributed by atoms with van der Waals surface area (Å²) in [6.45, 7) is 7.27. The van der Waals surface area contributed by atoms with Crippen LogP contribution in [0.2, 0.25) is 0 Å². The van der Waals surface area contributed by atoms with Crippen molar-refractivity contribution in [3.8, 4) is 0 Å². The minimum atomic E-state index is 0.198. The predicted molar refractivity (Wildman–Crippen MR) is 142 cm³/mol. The highest BCUT2D eigenvalue weighted by atomic mass is 16.3. The molecule has 4 aromatic carbocycles. The first-order valence-corrected chi connectivity index (χ1v) is 11.7. The van der Waals surface area contributed by atoms with Crippen LogP contribution in [0, 0.1) is 20.8 Å². The molecule has 3 heterocycles. The molecule has 0 saturated heterocycles. The fraction of sp³-hybridized carbons (Fsp3) is 0.138. The van der Waals surface area contributed by atoms with Gasteiger partial charge in [-0.25, -0.2) is 0 Å². The van der Waals surface area contributed by atoms with Gasteiger partial charge in [-0.1, -0.05) is 70.5 Å². The minimum absolute atomic E-state index is 0.198. The highest BCUT2D eigenvalue weighted by Crippen LogP contribution is 2.31. The lowest BCUT2D eigenvalue weighted by molar-refractivity contribution is -0.338. The highest BCUT2D eigenvalue weighted by molar-refractivity contribution is 7.07. The van der Waals surface area contributed by atoms with Gasteiger partial charge in [0.25, 0.3) is 0 Å². The van der Waals surface area contributed by atoms with Crippen molar-refractivity contribution in [3.05, 3.63) is 89.0 Å². The maximum Gasteiger partial charge on any atom is 0.553 e. The van der Waals surface area contributed by atoms with Crippen molar-refractivity contribution in [2.75, 3.05) is 7.05 Å². The Morgan fingerprint density at radius 2 is 1.48 bits per heavy atom. The number of nitrogens with zero attached hydrogens (tertiary/aromatic N) is 1. The van der Waals surface area contributed by atoms with Crippen LogP contribution in [0.1, 0.15) is 22.3 Å². The Morgan fingerprint density at radius 1 is 0.727 bits per heavy atom. The second-order valence-corrected chi connectivity index (χ2v) is 9.77. The van der Waals surface area contributed by atoms with Gasteiger partial charge in [0.05, 0.1) is 0 Å². The van der Waals surface area contributed by atoms with E-state index in [0.717, 1.165) is 11.2 Å². The second-order valence-electron chi connectivity index (χ2n) is 9.77. The van der Waals surface area contributed by atoms with Crippen molar-refractivity contribution in [2.45, 2.75) is 20.8 Å². The lowest BCUT2D eigenvalue weighted by Crippen LogP contribution is -2.74. The number of rotatable bonds is 1. The Hall–Kier alpha value is -3.52. The third-order valence-corrected chi connectivity index (χ3v) is 7.90. The van der Waals surface area contributed by atoms with Gasteiger partial charge in [-0.15, -0.1) is 0 Å². The van der Waals surface area contributed by atoms with E-state index in [1.165, 1.54) is 60.3 Å². The van der Waals surface area contributed by atoms with E-state index in [1.54, 1.807) is 0 Å². The number of aryl methyl sites for hydroxylation is 3. The molecule has 0 atom stereocenters. The molecule has 0 radical (unpaired) electrons. The molecule has 0 aliphatic carbocycles. The van der Waals surface area contributed by atoms with Gasteiger partial charge in [0, 0.05) is 27.3 Å². The normalized spacial score (nSPS) is 14.1. The lowest BCUT2D eigenvalue weighted by atomic mass is 9.24. The molecule has 156 valence electrons. The molecule has 4 heteroatoms. The fourth-order valence-electron chi connectivity index (χ4n) is 6.58. The molecule has 0 bridgehead atoms. The van der Waals surface area contributed by atoms with Gasteiger partial charge < -0.3 is 8.90 Å². The Bertz CT molecular complexity index is 1680. The van der Waals surface area contributed by atoms with Gasteiger partial charge in [-0.05, 0) is 50.1 Å². The average molecular weight is 424 g/mol. The summed E-state index contributed by atoms with van der Waals surface area (Å²) in [5.41, 5.74) is 14.4. The van der Waals surface area contributed by atoms with E-state index in [1.807, 2.05) is 6.07 Å². The Labute approximate surface area is 194 Å². The number of hydrogen-bond acceptors (Lipinski definition) is 1. The van der Waals surface area contributed by atoms with E-state index >= 15 is 0 Å². The molecule has 1 aromatic heterocycles. The van der Waals surface area contributed by atoms with Crippen LogP contribution in [0.4, 0.5) is 0 Å². The van der Waals surface area contributed by atoms with Gasteiger partial charge in [-0.2, -0.15) is 0 Å². The third-order valence-electron chi connectivity index (χ3n) is 7.90. The molecule has 5 aromatic rings. The SMILES string of the molecule is Cc1cccc2c1B1c3c(cccc3B2c2c(C)cc3c(oc4ccccc43)c2C)C=[N+]1C. The molecule has 2 aliphatic heterocycles. The summed E-state index contributed by atoms with van der Waals surface area (Å²) in [5, 5.41) is 2.41. The third kappa shape index (κ3) is 2.39. The number of fused-ring (bicyclic) bond motifs is 5. The summed E-state index contributed by atoms with van der Waals surface area (Å²) in [7, 11) is 2.21. The molecule has 2 aliphatic rings. The molecular formula is C29H24B2NO+. The lowest BCUT2D eigenvalue weighted by Gasteiger charge is -2.29. The standard InChI is InChI=1S/C29H24B2NO/c1-17-9-7-12-23-27(17)31-28-20(16-32(31)4)10-8-13-24(28)30(23)26-18(2)15-22-21-11-5-6-14-25(21)33-29(22)19(26)3/h5-16H,1-4H3/q+1. The first-order valence-electron chi connectivity index (χ1n) is 11.7. The molecule has 0 amide bonds. The van der Waals surface area contributed by atoms with Crippen LogP contribution in [0.5, 0.6) is 0 Å². The fourth-order valence-corrected chi connectivity index (χ4v) is 6.58. The van der Waals surface area contributed by atoms with Crippen LogP contribution < -0.4 is 27.3 Å². The number of furan rings is 1. The Kier molecular flexibility index (Phi) is 3.75. The molecule has 0 saturated carbocycles. The molecule has 0 unspecified atom stereocenters. The Balaban J connectivity index is 1.59. The molecular weight excluding hydrogens is 400 g/mol. The van der Waals surface area contributed by atoms with Gasteiger partial charge in [0.2, 0.25) is 6.71 Å². The van der Waals surface area contributed by atoms with Crippen molar-refractivity contribution in [1.29, 1.82) is 0 Å². The first-order chi connectivity index (χ1) is 16.0. The van der Waals surface area contributed by atoms with E-state index in [-0.39, 0.29) is 6.71 Å². The monoisotopic (exact) mass is 424 g/mol. The quantitative estimate of drug-likeness (QED) is 0.378. The molecule has 2 nitrogen and oxygen atoms in total. The van der Waals surface area contributed by atoms with E-state index in [2.05, 4.69) is 99.2 Å². The van der Waals surface area contributed by atoms with Crippen molar-refractivity contribution in [3.63, 3.8) is 0 Å². The van der Waals surface area contributed by atoms with Crippen LogP contribution in [0.3, 0.4) is 0 Å². The predicted octanol–water partition coefficient (Wildman–Crippen LogP) is 2.52. The van der Waals surface area contributed by atoms with E-state index in [0.29, 0.717) is 6.85 Å². The van der Waals surface area contributed by atoms with Gasteiger partial charge >= 0.3 is 6.85 Å². The van der Waals surface area contributed by atoms with E-state index in [9.17, 15) is 0 Å². The van der Waals surface area contributed by atoms with Crippen LogP contribution in [-0.4, -0.2) is 31.3 Å². The smallest absolute Gasteiger partial charge is 0.456 e. The second kappa shape index (κ2) is 6.51. The average Bonchev–Trinajstić information content (AvgIpc) is 3.34. The zero-order valence-corrected chi connectivity index (χ0v) is 19.4. The van der Waals surface area contributed by atoms with Gasteiger partial charge in [0.1, 0.15) is 24.4 Å². The van der Waals surface area contributed by atoms with Crippen LogP contribution >= 0.6 is 0 Å². The van der Waals surface area contributed by atoms with Crippen LogP contribution in [0.15, 0.2) is 71.1 Å². The number of para-hydroxylation sites is 1. The first kappa shape index (κ1) is 19.0. The Morgan fingerprint density at radius 3 is 2.33 bits per heavy atom. The number of hydrogen-bond donors (Lipinski definition) is 0. The summed E-state index contributed by atoms with van der Waals surface area (Å²) in [6, 6.07) is 24.4. The van der Waals surface area contributed by atoms with Crippen LogP contribution in [0.25, 0.3) is 21.9 Å².